The third-order valence-corrected chi connectivity index (χ3v) is 3.69. The van der Waals surface area contributed by atoms with Crippen molar-refractivity contribution in [3.63, 3.8) is 0 Å². The molecule has 1 rings (SSSR count). The van der Waals surface area contributed by atoms with Crippen molar-refractivity contribution in [1.29, 1.82) is 0 Å². The number of hydrogen-bond acceptors (Lipinski definition) is 2. The molecule has 2 nitrogen and oxygen atoms in total. The van der Waals surface area contributed by atoms with E-state index in [0.717, 1.165) is 25.1 Å². The first-order chi connectivity index (χ1) is 8.89. The van der Waals surface area contributed by atoms with Crippen molar-refractivity contribution in [2.45, 2.75) is 59.1 Å². The van der Waals surface area contributed by atoms with Gasteiger partial charge in [0.25, 0.3) is 0 Å². The molecule has 0 spiro atoms. The fourth-order valence-electron chi connectivity index (χ4n) is 1.72. The highest BCUT2D eigenvalue weighted by Crippen LogP contribution is 2.31. The summed E-state index contributed by atoms with van der Waals surface area (Å²) in [5.41, 5.74) is 1.01. The van der Waals surface area contributed by atoms with E-state index in [1.54, 1.807) is 0 Å². The highest BCUT2D eigenvalue weighted by molar-refractivity contribution is 6.32. The molecule has 0 saturated heterocycles. The molecular formula is C16H26ClNO. The molecule has 108 valence electrons. The number of halogens is 1. The molecule has 0 bridgehead atoms. The molecule has 0 aromatic heterocycles. The topological polar surface area (TPSA) is 21.3 Å². The van der Waals surface area contributed by atoms with Crippen molar-refractivity contribution in [2.24, 2.45) is 0 Å². The van der Waals surface area contributed by atoms with E-state index >= 15 is 0 Å². The van der Waals surface area contributed by atoms with Crippen LogP contribution in [0.2, 0.25) is 5.02 Å². The lowest BCUT2D eigenvalue weighted by Crippen LogP contribution is -2.27. The lowest BCUT2D eigenvalue weighted by molar-refractivity contribution is 0.105. The van der Waals surface area contributed by atoms with Crippen LogP contribution in [0.25, 0.3) is 0 Å². The van der Waals surface area contributed by atoms with Crippen LogP contribution >= 0.6 is 11.6 Å². The molecule has 1 atom stereocenters. The first kappa shape index (κ1) is 16.3. The maximum Gasteiger partial charge on any atom is 0.138 e. The van der Waals surface area contributed by atoms with Crippen LogP contribution in [0.1, 0.15) is 59.1 Å². The zero-order valence-corrected chi connectivity index (χ0v) is 13.5. The molecule has 0 fully saturated rings. The van der Waals surface area contributed by atoms with E-state index in [1.165, 1.54) is 5.56 Å². The number of benzene rings is 1. The molecule has 1 N–H and O–H groups in total. The van der Waals surface area contributed by atoms with Crippen molar-refractivity contribution >= 4 is 11.6 Å². The Kier molecular flexibility index (Phi) is 6.15. The van der Waals surface area contributed by atoms with Gasteiger partial charge in [0.1, 0.15) is 11.4 Å². The van der Waals surface area contributed by atoms with Crippen LogP contribution in [-0.2, 0) is 0 Å². The van der Waals surface area contributed by atoms with Gasteiger partial charge in [0.15, 0.2) is 0 Å². The Labute approximate surface area is 122 Å². The number of ether oxygens (including phenoxy) is 1. The van der Waals surface area contributed by atoms with Gasteiger partial charge < -0.3 is 10.1 Å². The summed E-state index contributed by atoms with van der Waals surface area (Å²) in [4.78, 5) is 0. The van der Waals surface area contributed by atoms with Crippen LogP contribution < -0.4 is 10.1 Å². The van der Waals surface area contributed by atoms with Gasteiger partial charge in [-0.3, -0.25) is 0 Å². The second-order valence-electron chi connectivity index (χ2n) is 5.58. The molecule has 1 aromatic rings. The molecule has 19 heavy (non-hydrogen) atoms. The largest absolute Gasteiger partial charge is 0.486 e. The van der Waals surface area contributed by atoms with Gasteiger partial charge in [-0.25, -0.2) is 0 Å². The van der Waals surface area contributed by atoms with Crippen LogP contribution in [0.5, 0.6) is 5.75 Å². The zero-order valence-electron chi connectivity index (χ0n) is 12.7. The maximum atomic E-state index is 6.32. The van der Waals surface area contributed by atoms with Crippen molar-refractivity contribution < 1.29 is 4.74 Å². The molecule has 0 heterocycles. The predicted molar refractivity (Wildman–Crippen MR) is 83.2 cm³/mol. The van der Waals surface area contributed by atoms with Crippen LogP contribution in [0.4, 0.5) is 0 Å². The minimum Gasteiger partial charge on any atom is -0.486 e. The van der Waals surface area contributed by atoms with E-state index in [9.17, 15) is 0 Å². The standard InChI is InChI=1S/C16H26ClNO/c1-6-10-18-12(3)13-8-9-15(14(17)11-13)19-16(4,5)7-2/h8-9,11-12,18H,6-7,10H2,1-5H3. The fraction of sp³-hybridized carbons (Fsp3) is 0.625. The van der Waals surface area contributed by atoms with Gasteiger partial charge in [-0.1, -0.05) is 31.5 Å². The summed E-state index contributed by atoms with van der Waals surface area (Å²) in [6.07, 6.45) is 2.07. The Bertz CT molecular complexity index is 404. The molecule has 3 heteroatoms. The number of hydrogen-bond donors (Lipinski definition) is 1. The second-order valence-corrected chi connectivity index (χ2v) is 5.99. The summed E-state index contributed by atoms with van der Waals surface area (Å²) in [7, 11) is 0. The maximum absolute atomic E-state index is 6.32. The van der Waals surface area contributed by atoms with Crippen LogP contribution in [0, 0.1) is 0 Å². The molecular weight excluding hydrogens is 258 g/mol. The van der Waals surface area contributed by atoms with Crippen LogP contribution in [-0.4, -0.2) is 12.1 Å². The minimum atomic E-state index is -0.183. The third kappa shape index (κ3) is 5.04. The van der Waals surface area contributed by atoms with Crippen molar-refractivity contribution in [2.75, 3.05) is 6.54 Å². The predicted octanol–water partition coefficient (Wildman–Crippen LogP) is 4.97. The molecule has 0 amide bonds. The Balaban J connectivity index is 2.79. The van der Waals surface area contributed by atoms with E-state index < -0.39 is 0 Å². The van der Waals surface area contributed by atoms with Gasteiger partial charge in [0.05, 0.1) is 5.02 Å². The first-order valence-corrected chi connectivity index (χ1v) is 7.49. The second kappa shape index (κ2) is 7.16. The molecule has 0 aliphatic heterocycles. The third-order valence-electron chi connectivity index (χ3n) is 3.39. The SMILES string of the molecule is CCCNC(C)c1ccc(OC(C)(C)CC)c(Cl)c1. The average Bonchev–Trinajstić information content (AvgIpc) is 2.38. The normalized spacial score (nSPS) is 13.4. The van der Waals surface area contributed by atoms with E-state index in [-0.39, 0.29) is 5.60 Å². The Morgan fingerprint density at radius 1 is 1.32 bits per heavy atom. The first-order valence-electron chi connectivity index (χ1n) is 7.11. The van der Waals surface area contributed by atoms with E-state index in [2.05, 4.69) is 46.0 Å². The van der Waals surface area contributed by atoms with E-state index in [4.69, 9.17) is 16.3 Å². The van der Waals surface area contributed by atoms with E-state index in [1.807, 2.05) is 12.1 Å². The molecule has 0 saturated carbocycles. The smallest absolute Gasteiger partial charge is 0.138 e. The van der Waals surface area contributed by atoms with Gasteiger partial charge >= 0.3 is 0 Å². The van der Waals surface area contributed by atoms with Crippen LogP contribution in [0.15, 0.2) is 18.2 Å². The van der Waals surface area contributed by atoms with Gasteiger partial charge in [0.2, 0.25) is 0 Å². The zero-order chi connectivity index (χ0) is 14.5. The molecule has 0 aliphatic rings. The van der Waals surface area contributed by atoms with Gasteiger partial charge in [-0.2, -0.15) is 0 Å². The summed E-state index contributed by atoms with van der Waals surface area (Å²) < 4.78 is 5.95. The summed E-state index contributed by atoms with van der Waals surface area (Å²) >= 11 is 6.32. The van der Waals surface area contributed by atoms with Gasteiger partial charge in [-0.05, 0) is 57.9 Å². The molecule has 1 aromatic carbocycles. The quantitative estimate of drug-likeness (QED) is 0.763. The minimum absolute atomic E-state index is 0.183. The van der Waals surface area contributed by atoms with Crippen molar-refractivity contribution in [3.8, 4) is 5.75 Å². The summed E-state index contributed by atoms with van der Waals surface area (Å²) in [6, 6.07) is 6.36. The van der Waals surface area contributed by atoms with Crippen molar-refractivity contribution in [1.82, 2.24) is 5.32 Å². The fourth-order valence-corrected chi connectivity index (χ4v) is 1.95. The Hall–Kier alpha value is -0.730. The molecule has 0 aliphatic carbocycles. The molecule has 1 unspecified atom stereocenters. The highest BCUT2D eigenvalue weighted by atomic mass is 35.5. The lowest BCUT2D eigenvalue weighted by atomic mass is 10.1. The monoisotopic (exact) mass is 283 g/mol. The van der Waals surface area contributed by atoms with Crippen LogP contribution in [0.3, 0.4) is 0 Å². The van der Waals surface area contributed by atoms with Crippen molar-refractivity contribution in [3.05, 3.63) is 28.8 Å². The average molecular weight is 284 g/mol. The van der Waals surface area contributed by atoms with Gasteiger partial charge in [0, 0.05) is 6.04 Å². The van der Waals surface area contributed by atoms with Gasteiger partial charge in [-0.15, -0.1) is 0 Å². The number of rotatable bonds is 7. The Morgan fingerprint density at radius 3 is 2.53 bits per heavy atom. The summed E-state index contributed by atoms with van der Waals surface area (Å²) in [5, 5.41) is 4.14. The summed E-state index contributed by atoms with van der Waals surface area (Å²) in [5.74, 6) is 0.764. The number of nitrogens with one attached hydrogen (secondary N) is 1. The van der Waals surface area contributed by atoms with E-state index in [0.29, 0.717) is 11.1 Å². The molecule has 0 radical (unpaired) electrons. The summed E-state index contributed by atoms with van der Waals surface area (Å²) in [6.45, 7) is 11.6. The highest BCUT2D eigenvalue weighted by Gasteiger charge is 2.18. The Morgan fingerprint density at radius 2 is 2.00 bits per heavy atom. The lowest BCUT2D eigenvalue weighted by Gasteiger charge is -2.26.